The Morgan fingerprint density at radius 3 is 2.41 bits per heavy atom. The fourth-order valence-corrected chi connectivity index (χ4v) is 5.57. The Balaban J connectivity index is 1.25. The Bertz CT molecular complexity index is 824. The van der Waals surface area contributed by atoms with Gasteiger partial charge in [-0.05, 0) is 44.6 Å². The normalized spacial score (nSPS) is 24.1. The van der Waals surface area contributed by atoms with E-state index in [1.807, 2.05) is 0 Å². The molecule has 0 aromatic heterocycles. The molecule has 3 aliphatic rings. The zero-order valence-corrected chi connectivity index (χ0v) is 19.1. The first kappa shape index (κ1) is 22.8. The molecule has 1 saturated carbocycles. The van der Waals surface area contributed by atoms with Crippen LogP contribution in [0.1, 0.15) is 68.9 Å². The summed E-state index contributed by atoms with van der Waals surface area (Å²) < 4.78 is 0. The van der Waals surface area contributed by atoms with Gasteiger partial charge in [0.15, 0.2) is 0 Å². The van der Waals surface area contributed by atoms with Gasteiger partial charge in [-0.15, -0.1) is 0 Å². The molecule has 4 amide bonds. The van der Waals surface area contributed by atoms with Crippen LogP contribution in [0, 0.1) is 6.92 Å². The molecule has 2 heterocycles. The van der Waals surface area contributed by atoms with Crippen molar-refractivity contribution in [2.24, 2.45) is 0 Å². The monoisotopic (exact) mass is 440 g/mol. The van der Waals surface area contributed by atoms with Gasteiger partial charge in [-0.25, -0.2) is 4.79 Å². The molecule has 1 aromatic carbocycles. The summed E-state index contributed by atoms with van der Waals surface area (Å²) in [6.45, 7) is 5.25. The van der Waals surface area contributed by atoms with Gasteiger partial charge in [0.25, 0.3) is 5.91 Å². The van der Waals surface area contributed by atoms with Gasteiger partial charge in [-0.2, -0.15) is 0 Å². The molecule has 7 heteroatoms. The van der Waals surface area contributed by atoms with Crippen LogP contribution in [0.5, 0.6) is 0 Å². The number of likely N-dealkylation sites (tertiary alicyclic amines) is 1. The van der Waals surface area contributed by atoms with Crippen LogP contribution in [0.3, 0.4) is 0 Å². The number of hydrogen-bond acceptors (Lipinski definition) is 4. The SMILES string of the molecule is Cc1ccc(C2(CN3CCC(NC(=O)CCC4NC(=O)NC4=O)CC3)CCCCC2)cc1. The minimum Gasteiger partial charge on any atom is -0.353 e. The highest BCUT2D eigenvalue weighted by Gasteiger charge is 2.36. The highest BCUT2D eigenvalue weighted by molar-refractivity contribution is 6.04. The Morgan fingerprint density at radius 1 is 1.09 bits per heavy atom. The number of piperidine rings is 1. The fourth-order valence-electron chi connectivity index (χ4n) is 5.57. The Kier molecular flexibility index (Phi) is 7.13. The predicted octanol–water partition coefficient (Wildman–Crippen LogP) is 2.77. The lowest BCUT2D eigenvalue weighted by Gasteiger charge is -2.44. The summed E-state index contributed by atoms with van der Waals surface area (Å²) in [5.41, 5.74) is 3.06. The van der Waals surface area contributed by atoms with E-state index in [0.29, 0.717) is 6.42 Å². The number of nitrogens with one attached hydrogen (secondary N) is 3. The van der Waals surface area contributed by atoms with E-state index in [1.54, 1.807) is 0 Å². The average Bonchev–Trinajstić information content (AvgIpc) is 3.11. The minimum absolute atomic E-state index is 0.0409. The van der Waals surface area contributed by atoms with Gasteiger partial charge in [-0.1, -0.05) is 49.1 Å². The van der Waals surface area contributed by atoms with Crippen molar-refractivity contribution in [2.75, 3.05) is 19.6 Å². The largest absolute Gasteiger partial charge is 0.353 e. The summed E-state index contributed by atoms with van der Waals surface area (Å²) in [7, 11) is 0. The van der Waals surface area contributed by atoms with E-state index in [0.717, 1.165) is 32.5 Å². The molecular formula is C25H36N4O3. The van der Waals surface area contributed by atoms with Crippen LogP contribution in [-0.2, 0) is 15.0 Å². The van der Waals surface area contributed by atoms with Gasteiger partial charge >= 0.3 is 6.03 Å². The molecule has 2 aliphatic heterocycles. The Morgan fingerprint density at radius 2 is 1.78 bits per heavy atom. The smallest absolute Gasteiger partial charge is 0.322 e. The topological polar surface area (TPSA) is 90.5 Å². The third kappa shape index (κ3) is 5.49. The molecule has 3 fully saturated rings. The summed E-state index contributed by atoms with van der Waals surface area (Å²) in [5.74, 6) is -0.387. The number of benzene rings is 1. The number of amides is 4. The molecule has 1 atom stereocenters. The number of carbonyl (C=O) groups excluding carboxylic acids is 3. The van der Waals surface area contributed by atoms with Gasteiger partial charge in [0, 0.05) is 37.5 Å². The lowest BCUT2D eigenvalue weighted by molar-refractivity contribution is -0.123. The highest BCUT2D eigenvalue weighted by atomic mass is 16.2. The molecule has 32 heavy (non-hydrogen) atoms. The summed E-state index contributed by atoms with van der Waals surface area (Å²) in [6.07, 6.45) is 8.97. The summed E-state index contributed by atoms with van der Waals surface area (Å²) >= 11 is 0. The number of rotatable bonds is 7. The Labute approximate surface area is 190 Å². The van der Waals surface area contributed by atoms with E-state index in [1.165, 1.54) is 43.2 Å². The van der Waals surface area contributed by atoms with E-state index in [-0.39, 0.29) is 29.7 Å². The van der Waals surface area contributed by atoms with E-state index in [4.69, 9.17) is 0 Å². The molecule has 1 aromatic rings. The van der Waals surface area contributed by atoms with Crippen LogP contribution in [0.25, 0.3) is 0 Å². The van der Waals surface area contributed by atoms with Crippen LogP contribution in [0.4, 0.5) is 4.79 Å². The van der Waals surface area contributed by atoms with Gasteiger partial charge < -0.3 is 15.5 Å². The van der Waals surface area contributed by atoms with Crippen LogP contribution in [-0.4, -0.2) is 54.5 Å². The highest BCUT2D eigenvalue weighted by Crippen LogP contribution is 2.40. The first-order valence-corrected chi connectivity index (χ1v) is 12.1. The van der Waals surface area contributed by atoms with Crippen molar-refractivity contribution in [1.29, 1.82) is 0 Å². The van der Waals surface area contributed by atoms with Crippen LogP contribution in [0.2, 0.25) is 0 Å². The van der Waals surface area contributed by atoms with E-state index in [9.17, 15) is 14.4 Å². The fraction of sp³-hybridized carbons (Fsp3) is 0.640. The molecule has 1 aliphatic carbocycles. The molecule has 0 spiro atoms. The van der Waals surface area contributed by atoms with Crippen molar-refractivity contribution in [1.82, 2.24) is 20.9 Å². The number of imide groups is 1. The molecule has 2 saturated heterocycles. The molecule has 0 radical (unpaired) electrons. The van der Waals surface area contributed by atoms with E-state index >= 15 is 0 Å². The third-order valence-electron chi connectivity index (χ3n) is 7.47. The van der Waals surface area contributed by atoms with Crippen molar-refractivity contribution in [3.05, 3.63) is 35.4 Å². The molecule has 3 N–H and O–H groups in total. The van der Waals surface area contributed by atoms with Crippen molar-refractivity contribution < 1.29 is 14.4 Å². The minimum atomic E-state index is -0.594. The first-order valence-electron chi connectivity index (χ1n) is 12.1. The van der Waals surface area contributed by atoms with Crippen molar-refractivity contribution in [2.45, 2.75) is 82.2 Å². The first-order chi connectivity index (χ1) is 15.4. The maximum absolute atomic E-state index is 12.3. The molecule has 0 bridgehead atoms. The third-order valence-corrected chi connectivity index (χ3v) is 7.47. The lowest BCUT2D eigenvalue weighted by atomic mass is 9.69. The van der Waals surface area contributed by atoms with Crippen molar-refractivity contribution in [3.63, 3.8) is 0 Å². The van der Waals surface area contributed by atoms with Gasteiger partial charge in [0.05, 0.1) is 0 Å². The molecule has 1 unspecified atom stereocenters. The van der Waals surface area contributed by atoms with Crippen molar-refractivity contribution in [3.8, 4) is 0 Å². The maximum atomic E-state index is 12.3. The molecule has 174 valence electrons. The number of carbonyl (C=O) groups is 3. The maximum Gasteiger partial charge on any atom is 0.322 e. The van der Waals surface area contributed by atoms with E-state index in [2.05, 4.69) is 52.0 Å². The molecule has 7 nitrogen and oxygen atoms in total. The van der Waals surface area contributed by atoms with Crippen LogP contribution >= 0.6 is 0 Å². The summed E-state index contributed by atoms with van der Waals surface area (Å²) in [5, 5.41) is 7.87. The number of hydrogen-bond donors (Lipinski definition) is 3. The summed E-state index contributed by atoms with van der Waals surface area (Å²) in [4.78, 5) is 37.7. The molecular weight excluding hydrogens is 404 g/mol. The number of urea groups is 1. The quantitative estimate of drug-likeness (QED) is 0.569. The van der Waals surface area contributed by atoms with Crippen LogP contribution < -0.4 is 16.0 Å². The second-order valence-corrected chi connectivity index (χ2v) is 9.88. The second kappa shape index (κ2) is 10.0. The number of aryl methyl sites for hydroxylation is 1. The molecule has 4 rings (SSSR count). The second-order valence-electron chi connectivity index (χ2n) is 9.88. The van der Waals surface area contributed by atoms with Crippen molar-refractivity contribution >= 4 is 17.8 Å². The summed E-state index contributed by atoms with van der Waals surface area (Å²) in [6, 6.07) is 8.27. The predicted molar refractivity (Wildman–Crippen MR) is 123 cm³/mol. The zero-order valence-electron chi connectivity index (χ0n) is 19.1. The van der Waals surface area contributed by atoms with Gasteiger partial charge in [0.2, 0.25) is 5.91 Å². The van der Waals surface area contributed by atoms with Crippen LogP contribution in [0.15, 0.2) is 24.3 Å². The standard InChI is InChI=1S/C25H36N4O3/c1-18-5-7-19(8-6-18)25(13-3-2-4-14-25)17-29-15-11-20(12-16-29)26-22(30)10-9-21-23(31)28-24(32)27-21/h5-8,20-21H,2-4,9-17H2,1H3,(H,26,30)(H2,27,28,31,32). The lowest BCUT2D eigenvalue weighted by Crippen LogP contribution is -2.49. The van der Waals surface area contributed by atoms with Gasteiger partial charge in [0.1, 0.15) is 6.04 Å². The Hall–Kier alpha value is -2.41. The van der Waals surface area contributed by atoms with Gasteiger partial charge in [-0.3, -0.25) is 14.9 Å². The zero-order chi connectivity index (χ0) is 22.6. The average molecular weight is 441 g/mol. The number of nitrogens with zero attached hydrogens (tertiary/aromatic N) is 1. The van der Waals surface area contributed by atoms with E-state index < -0.39 is 12.1 Å².